The number of halogens is 3. The summed E-state index contributed by atoms with van der Waals surface area (Å²) < 4.78 is 60.2. The predicted octanol–water partition coefficient (Wildman–Crippen LogP) is 7.38. The first-order chi connectivity index (χ1) is 22.2. The Morgan fingerprint density at radius 2 is 1.72 bits per heavy atom. The Morgan fingerprint density at radius 1 is 0.957 bits per heavy atom. The number of hydrogen-bond acceptors (Lipinski definition) is 8. The van der Waals surface area contributed by atoms with Crippen LogP contribution in [0.5, 0.6) is 11.6 Å². The number of aromatic nitrogens is 2. The molecule has 0 saturated carbocycles. The van der Waals surface area contributed by atoms with E-state index < -0.39 is 23.1 Å². The molecule has 0 N–H and O–H groups in total. The largest absolute Gasteiger partial charge is 0.488 e. The highest BCUT2D eigenvalue weighted by Crippen LogP contribution is 2.46. The van der Waals surface area contributed by atoms with Gasteiger partial charge in [0, 0.05) is 24.8 Å². The van der Waals surface area contributed by atoms with Gasteiger partial charge in [-0.05, 0) is 62.6 Å². The molecule has 4 aromatic rings. The highest BCUT2D eigenvalue weighted by atomic mass is 19.4. The van der Waals surface area contributed by atoms with Crippen LogP contribution in [0.15, 0.2) is 79.0 Å². The van der Waals surface area contributed by atoms with E-state index in [2.05, 4.69) is 16.0 Å². The number of anilines is 1. The van der Waals surface area contributed by atoms with Crippen LogP contribution in [0.4, 0.5) is 18.9 Å². The van der Waals surface area contributed by atoms with E-state index in [1.165, 1.54) is 18.2 Å². The summed E-state index contributed by atoms with van der Waals surface area (Å²) in [6.45, 7) is 4.20. The molecule has 11 heteroatoms. The Kier molecular flexibility index (Phi) is 9.75. The predicted molar refractivity (Wildman–Crippen MR) is 166 cm³/mol. The first kappa shape index (κ1) is 32.3. The second kappa shape index (κ2) is 13.9. The first-order valence-corrected chi connectivity index (χ1v) is 15.0. The zero-order valence-corrected chi connectivity index (χ0v) is 25.5. The number of ether oxygens (including phenoxy) is 3. The molecule has 0 aliphatic carbocycles. The summed E-state index contributed by atoms with van der Waals surface area (Å²) in [4.78, 5) is 23.7. The summed E-state index contributed by atoms with van der Waals surface area (Å²) in [5.41, 5.74) is -0.0110. The maximum Gasteiger partial charge on any atom is 0.421 e. The van der Waals surface area contributed by atoms with Crippen molar-refractivity contribution in [3.8, 4) is 29.0 Å². The molecule has 1 saturated heterocycles. The van der Waals surface area contributed by atoms with Crippen LogP contribution in [-0.4, -0.2) is 42.2 Å². The Labute approximate surface area is 265 Å². The molecule has 0 radical (unpaired) electrons. The van der Waals surface area contributed by atoms with Gasteiger partial charge in [0.1, 0.15) is 17.9 Å². The first-order valence-electron chi connectivity index (χ1n) is 15.0. The number of alkyl halides is 3. The van der Waals surface area contributed by atoms with Gasteiger partial charge in [0.15, 0.2) is 5.69 Å². The fraction of sp³-hybridized carbons (Fsp3) is 0.314. The van der Waals surface area contributed by atoms with Crippen molar-refractivity contribution in [2.75, 3.05) is 31.2 Å². The van der Waals surface area contributed by atoms with Crippen LogP contribution in [-0.2, 0) is 22.9 Å². The van der Waals surface area contributed by atoms with Crippen LogP contribution in [0.25, 0.3) is 11.3 Å². The van der Waals surface area contributed by atoms with Crippen molar-refractivity contribution >= 4 is 11.7 Å². The third-order valence-corrected chi connectivity index (χ3v) is 7.90. The van der Waals surface area contributed by atoms with Gasteiger partial charge in [-0.3, -0.25) is 0 Å². The number of rotatable bonds is 10. The number of carbonyl (C=O) groups is 1. The van der Waals surface area contributed by atoms with E-state index in [4.69, 9.17) is 14.2 Å². The van der Waals surface area contributed by atoms with Gasteiger partial charge in [0.25, 0.3) is 0 Å². The maximum absolute atomic E-state index is 14.5. The Hall–Kier alpha value is -5.11. The van der Waals surface area contributed by atoms with Crippen LogP contribution in [0.3, 0.4) is 0 Å². The highest BCUT2D eigenvalue weighted by Gasteiger charge is 2.43. The lowest BCUT2D eigenvalue weighted by Crippen LogP contribution is -2.43. The van der Waals surface area contributed by atoms with E-state index >= 15 is 0 Å². The Balaban J connectivity index is 1.46. The molecule has 0 amide bonds. The van der Waals surface area contributed by atoms with Crippen LogP contribution < -0.4 is 14.4 Å². The molecule has 238 valence electrons. The average molecular weight is 631 g/mol. The monoisotopic (exact) mass is 630 g/mol. The molecule has 0 atom stereocenters. The number of carbonyl (C=O) groups excluding carboxylic acids is 1. The molecule has 1 aliphatic heterocycles. The molecule has 0 bridgehead atoms. The quantitative estimate of drug-likeness (QED) is 0.168. The number of pyridine rings is 2. The van der Waals surface area contributed by atoms with E-state index in [0.29, 0.717) is 29.3 Å². The smallest absolute Gasteiger partial charge is 0.421 e. The Bertz CT molecular complexity index is 1720. The van der Waals surface area contributed by atoms with Gasteiger partial charge in [-0.25, -0.2) is 14.8 Å². The molecule has 1 aliphatic rings. The van der Waals surface area contributed by atoms with Crippen LogP contribution in [0.2, 0.25) is 0 Å². The molecule has 8 nitrogen and oxygen atoms in total. The van der Waals surface area contributed by atoms with Crippen molar-refractivity contribution in [2.24, 2.45) is 0 Å². The summed E-state index contributed by atoms with van der Waals surface area (Å²) in [7, 11) is 0. The lowest BCUT2D eigenvalue weighted by molar-refractivity contribution is -0.138. The molecule has 0 spiro atoms. The van der Waals surface area contributed by atoms with Gasteiger partial charge >= 0.3 is 12.1 Å². The normalized spacial score (nSPS) is 14.3. The van der Waals surface area contributed by atoms with Crippen LogP contribution in [0, 0.1) is 11.3 Å². The number of nitriles is 1. The average Bonchev–Trinajstić information content (AvgIpc) is 3.07. The van der Waals surface area contributed by atoms with Crippen molar-refractivity contribution in [1.82, 2.24) is 9.97 Å². The third-order valence-electron chi connectivity index (χ3n) is 7.90. The maximum atomic E-state index is 14.5. The van der Waals surface area contributed by atoms with E-state index in [-0.39, 0.29) is 56.3 Å². The zero-order chi connectivity index (χ0) is 32.7. The molecule has 1 fully saturated rings. The van der Waals surface area contributed by atoms with Gasteiger partial charge in [0.05, 0.1) is 41.6 Å². The fourth-order valence-corrected chi connectivity index (χ4v) is 5.68. The van der Waals surface area contributed by atoms with Gasteiger partial charge in [-0.1, -0.05) is 42.5 Å². The van der Waals surface area contributed by atoms with Crippen molar-refractivity contribution < 1.29 is 32.2 Å². The summed E-state index contributed by atoms with van der Waals surface area (Å²) in [6.07, 6.45) is -2.79. The molecule has 46 heavy (non-hydrogen) atoms. The minimum Gasteiger partial charge on any atom is -0.488 e. The van der Waals surface area contributed by atoms with E-state index in [1.54, 1.807) is 66.6 Å². The van der Waals surface area contributed by atoms with Crippen LogP contribution >= 0.6 is 0 Å². The summed E-state index contributed by atoms with van der Waals surface area (Å²) in [6, 6.07) is 22.5. The zero-order valence-electron chi connectivity index (χ0n) is 25.5. The third kappa shape index (κ3) is 6.76. The fourth-order valence-electron chi connectivity index (χ4n) is 5.68. The minimum absolute atomic E-state index is 0.0182. The second-order valence-corrected chi connectivity index (χ2v) is 10.7. The molecule has 0 unspecified atom stereocenters. The molecular weight excluding hydrogens is 597 g/mol. The summed E-state index contributed by atoms with van der Waals surface area (Å²) in [5.74, 6) is -0.614. The SMILES string of the molecule is CCOC(=O)c1nc(-c2cccnc2OCC)ccc1C1(C#N)CCN(c2cccc(OCc3ccccc3)c2C(F)(F)F)CC1. The lowest BCUT2D eigenvalue weighted by atomic mass is 9.73. The number of nitrogens with zero attached hydrogens (tertiary/aromatic N) is 4. The molecule has 2 aromatic carbocycles. The van der Waals surface area contributed by atoms with E-state index in [9.17, 15) is 23.2 Å². The van der Waals surface area contributed by atoms with Crippen molar-refractivity contribution in [3.05, 3.63) is 101 Å². The van der Waals surface area contributed by atoms with Crippen molar-refractivity contribution in [1.29, 1.82) is 5.26 Å². The topological polar surface area (TPSA) is 97.6 Å². The molecule has 2 aromatic heterocycles. The number of piperidine rings is 1. The van der Waals surface area contributed by atoms with Gasteiger partial charge in [-0.15, -0.1) is 0 Å². The second-order valence-electron chi connectivity index (χ2n) is 10.7. The highest BCUT2D eigenvalue weighted by molar-refractivity contribution is 5.90. The number of benzene rings is 2. The summed E-state index contributed by atoms with van der Waals surface area (Å²) >= 11 is 0. The Morgan fingerprint density at radius 3 is 2.39 bits per heavy atom. The molecular formula is C35H33F3N4O4. The lowest BCUT2D eigenvalue weighted by Gasteiger charge is -2.40. The van der Waals surface area contributed by atoms with Crippen molar-refractivity contribution in [2.45, 2.75) is 44.9 Å². The summed E-state index contributed by atoms with van der Waals surface area (Å²) in [5, 5.41) is 10.5. The standard InChI is InChI=1S/C35H33F3N4O4/c1-3-44-32-25(12-9-19-40-32)27-16-15-26(31(41-27)33(43)45-4-2)34(23-39)17-20-42(21-18-34)28-13-8-14-29(30(28)35(36,37)38)46-22-24-10-6-5-7-11-24/h5-16,19H,3-4,17-18,20-22H2,1-2H3. The van der Waals surface area contributed by atoms with Gasteiger partial charge in [0.2, 0.25) is 5.88 Å². The van der Waals surface area contributed by atoms with Gasteiger partial charge < -0.3 is 19.1 Å². The number of hydrogen-bond donors (Lipinski definition) is 0. The molecule has 5 rings (SSSR count). The van der Waals surface area contributed by atoms with E-state index in [0.717, 1.165) is 5.56 Å². The van der Waals surface area contributed by atoms with Crippen molar-refractivity contribution in [3.63, 3.8) is 0 Å². The number of esters is 1. The van der Waals surface area contributed by atoms with E-state index in [1.807, 2.05) is 13.0 Å². The van der Waals surface area contributed by atoms with Gasteiger partial charge in [-0.2, -0.15) is 18.4 Å². The van der Waals surface area contributed by atoms with Crippen LogP contribution in [0.1, 0.15) is 53.9 Å². The molecule has 3 heterocycles. The minimum atomic E-state index is -4.68.